The average molecular weight is 435 g/mol. The van der Waals surface area contributed by atoms with Gasteiger partial charge in [-0.1, -0.05) is 18.2 Å². The van der Waals surface area contributed by atoms with Gasteiger partial charge >= 0.3 is 0 Å². The molecule has 1 heterocycles. The Hall–Kier alpha value is -4.93. The van der Waals surface area contributed by atoms with Crippen LogP contribution < -0.4 is 10.9 Å². The van der Waals surface area contributed by atoms with Crippen LogP contribution in [-0.4, -0.2) is 49.7 Å². The number of hydrogen-bond acceptors (Lipinski definition) is 9. The Balaban J connectivity index is 1.63. The number of aromatic nitrogens is 1. The van der Waals surface area contributed by atoms with Crippen LogP contribution >= 0.6 is 0 Å². The van der Waals surface area contributed by atoms with E-state index < -0.39 is 11.8 Å². The second kappa shape index (κ2) is 9.71. The third kappa shape index (κ3) is 5.16. The van der Waals surface area contributed by atoms with Crippen LogP contribution in [0.2, 0.25) is 0 Å². The number of amides is 2. The van der Waals surface area contributed by atoms with Crippen LogP contribution in [0.25, 0.3) is 0 Å². The Morgan fingerprint density at radius 2 is 1.09 bits per heavy atom. The van der Waals surface area contributed by atoms with Crippen LogP contribution in [0.1, 0.15) is 32.1 Å². The zero-order chi connectivity index (χ0) is 23.1. The van der Waals surface area contributed by atoms with Gasteiger partial charge in [-0.25, -0.2) is 15.8 Å². The molecule has 0 bridgehead atoms. The van der Waals surface area contributed by atoms with Crippen molar-refractivity contribution in [3.05, 3.63) is 77.1 Å². The number of hydrazone groups is 2. The largest absolute Gasteiger partial charge is 0.504 e. The normalized spacial score (nSPS) is 11.0. The molecule has 11 nitrogen and oxygen atoms in total. The standard InChI is InChI=1S/C21H17N5O6/c27-16-8-1-4-12(18(16)29)10-22-25-20(31)14-6-3-7-15(24-14)21(32)26-23-11-13-5-2-9-17(28)19(13)30/h1-11,27-30H,(H,25,31)(H,26,32)/b22-10+,23-11+. The van der Waals surface area contributed by atoms with Crippen molar-refractivity contribution in [3.8, 4) is 23.0 Å². The lowest BCUT2D eigenvalue weighted by atomic mass is 10.2. The van der Waals surface area contributed by atoms with E-state index in [2.05, 4.69) is 26.0 Å². The Morgan fingerprint density at radius 1 is 0.688 bits per heavy atom. The topological polar surface area (TPSA) is 177 Å². The van der Waals surface area contributed by atoms with Gasteiger partial charge in [0.2, 0.25) is 0 Å². The minimum Gasteiger partial charge on any atom is -0.504 e. The van der Waals surface area contributed by atoms with Crippen LogP contribution in [0.5, 0.6) is 23.0 Å². The summed E-state index contributed by atoms with van der Waals surface area (Å²) in [4.78, 5) is 28.4. The minimum absolute atomic E-state index is 0.107. The lowest BCUT2D eigenvalue weighted by molar-refractivity contribution is 0.0945. The van der Waals surface area contributed by atoms with E-state index in [0.717, 1.165) is 12.4 Å². The molecular formula is C21H17N5O6. The van der Waals surface area contributed by atoms with E-state index in [-0.39, 0.29) is 45.5 Å². The van der Waals surface area contributed by atoms with E-state index in [1.54, 1.807) is 0 Å². The molecule has 0 saturated carbocycles. The number of carbonyl (C=O) groups is 2. The van der Waals surface area contributed by atoms with Crippen molar-refractivity contribution in [3.63, 3.8) is 0 Å². The summed E-state index contributed by atoms with van der Waals surface area (Å²) >= 11 is 0. The third-order valence-electron chi connectivity index (χ3n) is 4.05. The summed E-state index contributed by atoms with van der Waals surface area (Å²) in [7, 11) is 0. The molecule has 0 atom stereocenters. The van der Waals surface area contributed by atoms with E-state index in [1.807, 2.05) is 0 Å². The van der Waals surface area contributed by atoms with Crippen LogP contribution in [0.15, 0.2) is 64.8 Å². The molecule has 3 rings (SSSR count). The van der Waals surface area contributed by atoms with Gasteiger partial charge in [0.1, 0.15) is 11.4 Å². The fourth-order valence-electron chi connectivity index (χ4n) is 2.43. The first-order chi connectivity index (χ1) is 15.4. The van der Waals surface area contributed by atoms with Gasteiger partial charge in [0.25, 0.3) is 11.8 Å². The Morgan fingerprint density at radius 3 is 1.53 bits per heavy atom. The number of para-hydroxylation sites is 2. The van der Waals surface area contributed by atoms with Gasteiger partial charge in [-0.15, -0.1) is 0 Å². The summed E-state index contributed by atoms with van der Waals surface area (Å²) in [6.45, 7) is 0. The number of nitrogens with zero attached hydrogens (tertiary/aromatic N) is 3. The van der Waals surface area contributed by atoms with Crippen LogP contribution in [-0.2, 0) is 0 Å². The first-order valence-corrected chi connectivity index (χ1v) is 9.02. The maximum Gasteiger partial charge on any atom is 0.289 e. The monoisotopic (exact) mass is 435 g/mol. The highest BCUT2D eigenvalue weighted by atomic mass is 16.3. The summed E-state index contributed by atoms with van der Waals surface area (Å²) in [6.07, 6.45) is 2.27. The molecule has 32 heavy (non-hydrogen) atoms. The molecule has 11 heteroatoms. The van der Waals surface area contributed by atoms with E-state index in [4.69, 9.17) is 0 Å². The van der Waals surface area contributed by atoms with Crippen molar-refractivity contribution in [1.29, 1.82) is 0 Å². The highest BCUT2D eigenvalue weighted by Crippen LogP contribution is 2.27. The van der Waals surface area contributed by atoms with Gasteiger partial charge in [-0.2, -0.15) is 10.2 Å². The molecule has 1 aromatic heterocycles. The van der Waals surface area contributed by atoms with Gasteiger partial charge < -0.3 is 20.4 Å². The zero-order valence-electron chi connectivity index (χ0n) is 16.3. The van der Waals surface area contributed by atoms with Crippen molar-refractivity contribution in [1.82, 2.24) is 15.8 Å². The number of pyridine rings is 1. The Labute approximate surface area is 181 Å². The molecule has 0 aliphatic rings. The summed E-state index contributed by atoms with van der Waals surface area (Å²) in [5, 5.41) is 45.7. The van der Waals surface area contributed by atoms with Gasteiger partial charge in [0.15, 0.2) is 23.0 Å². The highest BCUT2D eigenvalue weighted by molar-refractivity contribution is 5.97. The van der Waals surface area contributed by atoms with Crippen molar-refractivity contribution in [2.24, 2.45) is 10.2 Å². The third-order valence-corrected chi connectivity index (χ3v) is 4.05. The maximum atomic E-state index is 12.2. The Kier molecular flexibility index (Phi) is 6.61. The number of carbonyl (C=O) groups excluding carboxylic acids is 2. The molecule has 0 fully saturated rings. The van der Waals surface area contributed by atoms with Crippen LogP contribution in [0, 0.1) is 0 Å². The summed E-state index contributed by atoms with van der Waals surface area (Å²) < 4.78 is 0. The van der Waals surface area contributed by atoms with Gasteiger partial charge in [0, 0.05) is 11.1 Å². The number of aromatic hydroxyl groups is 4. The second-order valence-corrected chi connectivity index (χ2v) is 6.24. The van der Waals surface area contributed by atoms with E-state index in [0.29, 0.717) is 0 Å². The number of rotatable bonds is 6. The van der Waals surface area contributed by atoms with E-state index in [1.165, 1.54) is 54.6 Å². The van der Waals surface area contributed by atoms with E-state index in [9.17, 15) is 30.0 Å². The molecule has 6 N–H and O–H groups in total. The smallest absolute Gasteiger partial charge is 0.289 e. The molecular weight excluding hydrogens is 418 g/mol. The van der Waals surface area contributed by atoms with Crippen molar-refractivity contribution >= 4 is 24.2 Å². The first-order valence-electron chi connectivity index (χ1n) is 9.02. The highest BCUT2D eigenvalue weighted by Gasteiger charge is 2.12. The predicted octanol–water partition coefficient (Wildman–Crippen LogP) is 1.43. The first kappa shape index (κ1) is 21.8. The number of hydrogen-bond donors (Lipinski definition) is 6. The second-order valence-electron chi connectivity index (χ2n) is 6.24. The molecule has 0 radical (unpaired) electrons. The van der Waals surface area contributed by atoms with Crippen molar-refractivity contribution < 1.29 is 30.0 Å². The maximum absolute atomic E-state index is 12.2. The summed E-state index contributed by atoms with van der Waals surface area (Å²) in [5.41, 5.74) is 4.55. The molecule has 3 aromatic rings. The molecule has 0 aliphatic carbocycles. The van der Waals surface area contributed by atoms with Gasteiger partial charge in [0.05, 0.1) is 12.4 Å². The molecule has 0 saturated heterocycles. The average Bonchev–Trinajstić information content (AvgIpc) is 2.79. The van der Waals surface area contributed by atoms with Gasteiger partial charge in [-0.05, 0) is 36.4 Å². The van der Waals surface area contributed by atoms with Crippen LogP contribution in [0.3, 0.4) is 0 Å². The minimum atomic E-state index is -0.719. The number of benzene rings is 2. The predicted molar refractivity (Wildman–Crippen MR) is 114 cm³/mol. The summed E-state index contributed by atoms with van der Waals surface area (Å²) in [6, 6.07) is 12.7. The molecule has 2 amide bonds. The lowest BCUT2D eigenvalue weighted by Crippen LogP contribution is -2.23. The van der Waals surface area contributed by atoms with Crippen LogP contribution in [0.4, 0.5) is 0 Å². The van der Waals surface area contributed by atoms with Crippen molar-refractivity contribution in [2.75, 3.05) is 0 Å². The molecule has 0 unspecified atom stereocenters. The van der Waals surface area contributed by atoms with Gasteiger partial charge in [-0.3, -0.25) is 9.59 Å². The number of phenols is 4. The van der Waals surface area contributed by atoms with Crippen molar-refractivity contribution in [2.45, 2.75) is 0 Å². The fraction of sp³-hybridized carbons (Fsp3) is 0. The molecule has 0 aliphatic heterocycles. The quantitative estimate of drug-likeness (QED) is 0.193. The number of nitrogens with one attached hydrogen (secondary N) is 2. The Bertz CT molecular complexity index is 1130. The molecule has 2 aromatic carbocycles. The molecule has 0 spiro atoms. The SMILES string of the molecule is O=C(N/N=C/c1cccc(O)c1O)c1cccc(C(=O)N/N=C/c2cccc(O)c2O)n1. The molecule has 162 valence electrons. The van der Waals surface area contributed by atoms with E-state index >= 15 is 0 Å². The summed E-state index contributed by atoms with van der Waals surface area (Å²) in [5.74, 6) is -2.87. The lowest BCUT2D eigenvalue weighted by Gasteiger charge is -2.04. The fourth-order valence-corrected chi connectivity index (χ4v) is 2.43. The number of phenolic OH excluding ortho intramolecular Hbond substituents is 4. The zero-order valence-corrected chi connectivity index (χ0v) is 16.3.